The summed E-state index contributed by atoms with van der Waals surface area (Å²) < 4.78 is 15.9. The smallest absolute Gasteiger partial charge is 0.314 e. The first-order valence-electron chi connectivity index (χ1n) is 8.99. The van der Waals surface area contributed by atoms with Crippen LogP contribution in [0.4, 0.5) is 0 Å². The topological polar surface area (TPSA) is 65.1 Å². The predicted octanol–water partition coefficient (Wildman–Crippen LogP) is 3.82. The van der Waals surface area contributed by atoms with Crippen LogP contribution >= 0.6 is 11.6 Å². The fourth-order valence-corrected chi connectivity index (χ4v) is 3.34. The second kappa shape index (κ2) is 8.97. The molecule has 0 unspecified atom stereocenters. The molecular formula is C21H22ClNO5. The first kappa shape index (κ1) is 20.0. The van der Waals surface area contributed by atoms with E-state index in [0.29, 0.717) is 53.8 Å². The molecule has 0 spiro atoms. The molecular weight excluding hydrogens is 382 g/mol. The lowest BCUT2D eigenvalue weighted by molar-refractivity contribution is -0.140. The number of nitrogens with zero attached hydrogens (tertiary/aromatic N) is 1. The van der Waals surface area contributed by atoms with Gasteiger partial charge >= 0.3 is 5.97 Å². The zero-order chi connectivity index (χ0) is 20.1. The number of methoxy groups -OCH3 is 2. The van der Waals surface area contributed by atoms with Crippen LogP contribution in [0, 0.1) is 5.92 Å². The first-order chi connectivity index (χ1) is 13.5. The van der Waals surface area contributed by atoms with E-state index < -0.39 is 0 Å². The Kier molecular flexibility index (Phi) is 6.41. The summed E-state index contributed by atoms with van der Waals surface area (Å²) in [5.41, 5.74) is 0.496. The first-order valence-corrected chi connectivity index (χ1v) is 9.37. The Morgan fingerprint density at radius 3 is 2.18 bits per heavy atom. The Morgan fingerprint density at radius 2 is 1.61 bits per heavy atom. The van der Waals surface area contributed by atoms with Crippen molar-refractivity contribution < 1.29 is 23.8 Å². The van der Waals surface area contributed by atoms with Gasteiger partial charge < -0.3 is 19.1 Å². The van der Waals surface area contributed by atoms with E-state index in [2.05, 4.69) is 0 Å². The van der Waals surface area contributed by atoms with Gasteiger partial charge in [-0.05, 0) is 43.2 Å². The molecule has 1 heterocycles. The van der Waals surface area contributed by atoms with Crippen LogP contribution in [-0.4, -0.2) is 44.1 Å². The fourth-order valence-electron chi connectivity index (χ4n) is 3.16. The summed E-state index contributed by atoms with van der Waals surface area (Å²) in [6.07, 6.45) is 1.10. The molecule has 3 rings (SSSR count). The molecule has 0 aliphatic carbocycles. The molecule has 1 fully saturated rings. The van der Waals surface area contributed by atoms with Crippen LogP contribution in [0.2, 0.25) is 5.02 Å². The minimum Gasteiger partial charge on any atom is -0.497 e. The average Bonchev–Trinajstić information content (AvgIpc) is 2.72. The Hall–Kier alpha value is -2.73. The van der Waals surface area contributed by atoms with Gasteiger partial charge in [-0.1, -0.05) is 17.7 Å². The van der Waals surface area contributed by atoms with Crippen molar-refractivity contribution in [3.05, 3.63) is 53.1 Å². The maximum Gasteiger partial charge on any atom is 0.314 e. The van der Waals surface area contributed by atoms with Gasteiger partial charge in [0.1, 0.15) is 17.2 Å². The van der Waals surface area contributed by atoms with Gasteiger partial charge in [-0.25, -0.2) is 0 Å². The maximum absolute atomic E-state index is 12.8. The maximum atomic E-state index is 12.8. The van der Waals surface area contributed by atoms with E-state index in [1.165, 1.54) is 0 Å². The number of hydrogen-bond donors (Lipinski definition) is 0. The van der Waals surface area contributed by atoms with Crippen LogP contribution in [-0.2, 0) is 4.79 Å². The number of benzene rings is 2. The monoisotopic (exact) mass is 403 g/mol. The van der Waals surface area contributed by atoms with Crippen molar-refractivity contribution in [3.8, 4) is 17.2 Å². The van der Waals surface area contributed by atoms with E-state index >= 15 is 0 Å². The van der Waals surface area contributed by atoms with Gasteiger partial charge in [-0.2, -0.15) is 0 Å². The number of halogens is 1. The third kappa shape index (κ3) is 4.75. The van der Waals surface area contributed by atoms with Gasteiger partial charge in [0.05, 0.1) is 20.1 Å². The molecule has 0 radical (unpaired) electrons. The molecule has 1 aliphatic heterocycles. The highest BCUT2D eigenvalue weighted by Crippen LogP contribution is 2.26. The van der Waals surface area contributed by atoms with Gasteiger partial charge in [0.2, 0.25) is 0 Å². The third-order valence-electron chi connectivity index (χ3n) is 4.73. The largest absolute Gasteiger partial charge is 0.497 e. The van der Waals surface area contributed by atoms with Crippen LogP contribution in [0.25, 0.3) is 0 Å². The summed E-state index contributed by atoms with van der Waals surface area (Å²) in [4.78, 5) is 26.9. The molecule has 148 valence electrons. The zero-order valence-corrected chi connectivity index (χ0v) is 16.6. The predicted molar refractivity (Wildman–Crippen MR) is 105 cm³/mol. The quantitative estimate of drug-likeness (QED) is 0.561. The molecule has 0 aromatic heterocycles. The third-order valence-corrected chi connectivity index (χ3v) is 4.96. The van der Waals surface area contributed by atoms with E-state index in [-0.39, 0.29) is 17.8 Å². The van der Waals surface area contributed by atoms with Crippen LogP contribution < -0.4 is 14.2 Å². The lowest BCUT2D eigenvalue weighted by atomic mass is 9.96. The number of rotatable bonds is 5. The van der Waals surface area contributed by atoms with Crippen molar-refractivity contribution in [1.29, 1.82) is 0 Å². The molecule has 28 heavy (non-hydrogen) atoms. The van der Waals surface area contributed by atoms with Crippen molar-refractivity contribution in [2.24, 2.45) is 5.92 Å². The average molecular weight is 404 g/mol. The van der Waals surface area contributed by atoms with Gasteiger partial charge in [0, 0.05) is 29.7 Å². The lowest BCUT2D eigenvalue weighted by Gasteiger charge is -2.31. The Morgan fingerprint density at radius 1 is 0.964 bits per heavy atom. The van der Waals surface area contributed by atoms with Gasteiger partial charge in [0.15, 0.2) is 0 Å². The van der Waals surface area contributed by atoms with Crippen molar-refractivity contribution in [3.63, 3.8) is 0 Å². The molecule has 0 atom stereocenters. The molecule has 1 saturated heterocycles. The van der Waals surface area contributed by atoms with Crippen LogP contribution in [0.15, 0.2) is 42.5 Å². The Balaban J connectivity index is 1.60. The van der Waals surface area contributed by atoms with Crippen LogP contribution in [0.1, 0.15) is 23.2 Å². The number of hydrogen-bond acceptors (Lipinski definition) is 5. The number of ether oxygens (including phenoxy) is 3. The second-order valence-electron chi connectivity index (χ2n) is 6.55. The van der Waals surface area contributed by atoms with E-state index in [9.17, 15) is 9.59 Å². The lowest BCUT2D eigenvalue weighted by Crippen LogP contribution is -2.41. The van der Waals surface area contributed by atoms with Gasteiger partial charge in [-0.15, -0.1) is 0 Å². The van der Waals surface area contributed by atoms with Gasteiger partial charge in [-0.3, -0.25) is 9.59 Å². The molecule has 1 amide bonds. The minimum absolute atomic E-state index is 0.112. The van der Waals surface area contributed by atoms with E-state index in [0.717, 1.165) is 0 Å². The summed E-state index contributed by atoms with van der Waals surface area (Å²) in [5, 5.41) is 0.513. The number of carbonyl (C=O) groups is 2. The highest BCUT2D eigenvalue weighted by atomic mass is 35.5. The number of esters is 1. The SMILES string of the molecule is COc1cc(OC)cc(C(=O)N2CCC(C(=O)Oc3cccc(Cl)c3)CC2)c1. The van der Waals surface area contributed by atoms with Crippen LogP contribution in [0.5, 0.6) is 17.2 Å². The van der Waals surface area contributed by atoms with Crippen molar-refractivity contribution >= 4 is 23.5 Å². The number of piperidine rings is 1. The standard InChI is InChI=1S/C21H22ClNO5/c1-26-18-10-15(11-19(13-18)27-2)20(24)23-8-6-14(7-9-23)21(25)28-17-5-3-4-16(22)12-17/h3-5,10-14H,6-9H2,1-2H3. The summed E-state index contributed by atoms with van der Waals surface area (Å²) >= 11 is 5.92. The second-order valence-corrected chi connectivity index (χ2v) is 6.98. The highest BCUT2D eigenvalue weighted by Gasteiger charge is 2.29. The van der Waals surface area contributed by atoms with Crippen molar-refractivity contribution in [1.82, 2.24) is 4.90 Å². The fraction of sp³-hybridized carbons (Fsp3) is 0.333. The molecule has 2 aromatic carbocycles. The molecule has 0 bridgehead atoms. The van der Waals surface area contributed by atoms with Crippen LogP contribution in [0.3, 0.4) is 0 Å². The van der Waals surface area contributed by atoms with E-state index in [1.807, 2.05) is 0 Å². The molecule has 0 N–H and O–H groups in total. The van der Waals surface area contributed by atoms with E-state index in [1.54, 1.807) is 61.6 Å². The molecule has 1 aliphatic rings. The normalized spacial score (nSPS) is 14.5. The summed E-state index contributed by atoms with van der Waals surface area (Å²) in [6.45, 7) is 0.960. The highest BCUT2D eigenvalue weighted by molar-refractivity contribution is 6.30. The summed E-state index contributed by atoms with van der Waals surface area (Å²) in [5.74, 6) is 0.893. The van der Waals surface area contributed by atoms with Gasteiger partial charge in [0.25, 0.3) is 5.91 Å². The number of carbonyl (C=O) groups excluding carboxylic acids is 2. The van der Waals surface area contributed by atoms with E-state index in [4.69, 9.17) is 25.8 Å². The summed E-state index contributed by atoms with van der Waals surface area (Å²) in [7, 11) is 3.08. The number of likely N-dealkylation sites (tertiary alicyclic amines) is 1. The zero-order valence-electron chi connectivity index (χ0n) is 15.8. The molecule has 7 heteroatoms. The molecule has 2 aromatic rings. The Bertz CT molecular complexity index is 839. The summed E-state index contributed by atoms with van der Waals surface area (Å²) in [6, 6.07) is 11.8. The molecule has 0 saturated carbocycles. The van der Waals surface area contributed by atoms with Crippen molar-refractivity contribution in [2.45, 2.75) is 12.8 Å². The van der Waals surface area contributed by atoms with Crippen molar-refractivity contribution in [2.75, 3.05) is 27.3 Å². The molecule has 6 nitrogen and oxygen atoms in total. The Labute approximate surface area is 168 Å². The number of amides is 1. The minimum atomic E-state index is -0.294.